The molecule has 6 heteroatoms. The van der Waals surface area contributed by atoms with Gasteiger partial charge < -0.3 is 20.3 Å². The first-order valence-corrected chi connectivity index (χ1v) is 8.07. The maximum Gasteiger partial charge on any atom is 0.262 e. The number of likely N-dealkylation sites (N-methyl/N-ethyl adjacent to an activating group) is 1. The van der Waals surface area contributed by atoms with Crippen LogP contribution in [0, 0.1) is 0 Å². The van der Waals surface area contributed by atoms with Crippen LogP contribution in [0.25, 0.3) is 0 Å². The van der Waals surface area contributed by atoms with Gasteiger partial charge in [0.05, 0.1) is 0 Å². The van der Waals surface area contributed by atoms with E-state index in [1.165, 1.54) is 0 Å². The first-order chi connectivity index (χ1) is 11.5. The second-order valence-corrected chi connectivity index (χ2v) is 6.03. The second-order valence-electron chi connectivity index (χ2n) is 5.60. The van der Waals surface area contributed by atoms with Gasteiger partial charge in [-0.1, -0.05) is 11.6 Å². The van der Waals surface area contributed by atoms with Gasteiger partial charge in [-0.15, -0.1) is 0 Å². The van der Waals surface area contributed by atoms with Crippen LogP contribution in [-0.2, 0) is 4.79 Å². The van der Waals surface area contributed by atoms with Crippen LogP contribution in [0.2, 0.25) is 5.02 Å². The van der Waals surface area contributed by atoms with Crippen molar-refractivity contribution in [3.05, 3.63) is 53.6 Å². The molecule has 0 aliphatic carbocycles. The van der Waals surface area contributed by atoms with E-state index in [4.69, 9.17) is 16.3 Å². The molecule has 0 fully saturated rings. The molecule has 0 saturated heterocycles. The lowest BCUT2D eigenvalue weighted by Gasteiger charge is -2.12. The van der Waals surface area contributed by atoms with Crippen molar-refractivity contribution in [2.24, 2.45) is 0 Å². The highest BCUT2D eigenvalue weighted by Gasteiger charge is 2.04. The molecular weight excluding hydrogens is 326 g/mol. The Kier molecular flexibility index (Phi) is 6.90. The largest absolute Gasteiger partial charge is 0.484 e. The molecule has 0 aliphatic rings. The van der Waals surface area contributed by atoms with Crippen molar-refractivity contribution in [2.75, 3.05) is 44.4 Å². The Bertz CT molecular complexity index is 642. The van der Waals surface area contributed by atoms with Gasteiger partial charge in [-0.3, -0.25) is 4.79 Å². The molecule has 128 valence electrons. The molecule has 1 amide bonds. The molecule has 0 saturated carbocycles. The van der Waals surface area contributed by atoms with E-state index in [0.717, 1.165) is 24.5 Å². The van der Waals surface area contributed by atoms with Crippen molar-refractivity contribution < 1.29 is 9.53 Å². The van der Waals surface area contributed by atoms with Crippen molar-refractivity contribution in [3.63, 3.8) is 0 Å². The Hall–Kier alpha value is -2.24. The predicted octanol–water partition coefficient (Wildman–Crippen LogP) is 3.33. The molecule has 2 rings (SSSR count). The summed E-state index contributed by atoms with van der Waals surface area (Å²) < 4.78 is 5.41. The summed E-state index contributed by atoms with van der Waals surface area (Å²) in [6.45, 7) is 1.78. The number of carbonyl (C=O) groups is 1. The van der Waals surface area contributed by atoms with Crippen LogP contribution in [-0.4, -0.2) is 44.6 Å². The summed E-state index contributed by atoms with van der Waals surface area (Å²) in [5, 5.41) is 6.75. The number of ether oxygens (including phenoxy) is 1. The fraction of sp³-hybridized carbons (Fsp3) is 0.278. The quantitative estimate of drug-likeness (QED) is 0.769. The van der Waals surface area contributed by atoms with Crippen LogP contribution in [0.5, 0.6) is 5.75 Å². The van der Waals surface area contributed by atoms with Gasteiger partial charge in [-0.05, 0) is 62.6 Å². The number of hydrogen-bond acceptors (Lipinski definition) is 4. The molecule has 0 atom stereocenters. The smallest absolute Gasteiger partial charge is 0.262 e. The Morgan fingerprint density at radius 3 is 2.29 bits per heavy atom. The van der Waals surface area contributed by atoms with Gasteiger partial charge in [-0.2, -0.15) is 0 Å². The standard InChI is InChI=1S/C18H22ClN3O2/c1-22(2)12-11-20-15-5-7-16(8-6-15)21-18(23)13-24-17-9-3-14(19)4-10-17/h3-10,20H,11-13H2,1-2H3,(H,21,23). The molecular formula is C18H22ClN3O2. The highest BCUT2D eigenvalue weighted by Crippen LogP contribution is 2.16. The summed E-state index contributed by atoms with van der Waals surface area (Å²) in [6.07, 6.45) is 0. The van der Waals surface area contributed by atoms with Crippen LogP contribution >= 0.6 is 11.6 Å². The van der Waals surface area contributed by atoms with Crippen molar-refractivity contribution in [1.82, 2.24) is 4.90 Å². The van der Waals surface area contributed by atoms with Crippen LogP contribution in [0.1, 0.15) is 0 Å². The van der Waals surface area contributed by atoms with E-state index in [2.05, 4.69) is 15.5 Å². The maximum atomic E-state index is 11.9. The minimum absolute atomic E-state index is 0.0511. The molecule has 2 aromatic carbocycles. The SMILES string of the molecule is CN(C)CCNc1ccc(NC(=O)COc2ccc(Cl)cc2)cc1. The molecule has 2 aromatic rings. The molecule has 2 N–H and O–H groups in total. The lowest BCUT2D eigenvalue weighted by atomic mass is 10.2. The van der Waals surface area contributed by atoms with Crippen LogP contribution in [0.3, 0.4) is 0 Å². The average Bonchev–Trinajstić information content (AvgIpc) is 2.56. The zero-order valence-corrected chi connectivity index (χ0v) is 14.6. The summed E-state index contributed by atoms with van der Waals surface area (Å²) >= 11 is 5.80. The van der Waals surface area contributed by atoms with Crippen LogP contribution in [0.15, 0.2) is 48.5 Å². The first-order valence-electron chi connectivity index (χ1n) is 7.70. The van der Waals surface area contributed by atoms with Gasteiger partial charge in [0.15, 0.2) is 6.61 Å². The van der Waals surface area contributed by atoms with Crippen LogP contribution in [0.4, 0.5) is 11.4 Å². The van der Waals surface area contributed by atoms with Gasteiger partial charge in [0, 0.05) is 29.5 Å². The molecule has 5 nitrogen and oxygen atoms in total. The molecule has 0 aromatic heterocycles. The normalized spacial score (nSPS) is 10.5. The Balaban J connectivity index is 1.76. The van der Waals surface area contributed by atoms with Crippen molar-refractivity contribution in [2.45, 2.75) is 0 Å². The van der Waals surface area contributed by atoms with Crippen molar-refractivity contribution in [1.29, 1.82) is 0 Å². The molecule has 24 heavy (non-hydrogen) atoms. The van der Waals surface area contributed by atoms with E-state index in [1.54, 1.807) is 24.3 Å². The minimum atomic E-state index is -0.210. The lowest BCUT2D eigenvalue weighted by molar-refractivity contribution is -0.118. The van der Waals surface area contributed by atoms with E-state index < -0.39 is 0 Å². The third-order valence-electron chi connectivity index (χ3n) is 3.24. The zero-order chi connectivity index (χ0) is 17.4. The third-order valence-corrected chi connectivity index (χ3v) is 3.49. The second kappa shape index (κ2) is 9.15. The van der Waals surface area contributed by atoms with Crippen molar-refractivity contribution in [3.8, 4) is 5.75 Å². The van der Waals surface area contributed by atoms with E-state index in [9.17, 15) is 4.79 Å². The summed E-state index contributed by atoms with van der Waals surface area (Å²) in [4.78, 5) is 14.0. The van der Waals surface area contributed by atoms with E-state index in [-0.39, 0.29) is 12.5 Å². The summed E-state index contributed by atoms with van der Waals surface area (Å²) in [5.41, 5.74) is 1.75. The zero-order valence-electron chi connectivity index (χ0n) is 13.9. The molecule has 0 heterocycles. The minimum Gasteiger partial charge on any atom is -0.484 e. The number of nitrogens with zero attached hydrogens (tertiary/aromatic N) is 1. The maximum absolute atomic E-state index is 11.9. The van der Waals surface area contributed by atoms with E-state index in [1.807, 2.05) is 38.4 Å². The van der Waals surface area contributed by atoms with Crippen LogP contribution < -0.4 is 15.4 Å². The average molecular weight is 348 g/mol. The third kappa shape index (κ3) is 6.48. The number of carbonyl (C=O) groups excluding carboxylic acids is 1. The topological polar surface area (TPSA) is 53.6 Å². The fourth-order valence-electron chi connectivity index (χ4n) is 1.97. The van der Waals surface area contributed by atoms with E-state index in [0.29, 0.717) is 10.8 Å². The Labute approximate surface area is 147 Å². The fourth-order valence-corrected chi connectivity index (χ4v) is 2.10. The van der Waals surface area contributed by atoms with E-state index >= 15 is 0 Å². The molecule has 0 aliphatic heterocycles. The number of rotatable bonds is 8. The summed E-state index contributed by atoms with van der Waals surface area (Å²) in [6, 6.07) is 14.5. The predicted molar refractivity (Wildman–Crippen MR) is 99.1 cm³/mol. The van der Waals surface area contributed by atoms with Gasteiger partial charge in [0.25, 0.3) is 5.91 Å². The van der Waals surface area contributed by atoms with Gasteiger partial charge in [-0.25, -0.2) is 0 Å². The summed E-state index contributed by atoms with van der Waals surface area (Å²) in [5.74, 6) is 0.397. The number of anilines is 2. The number of nitrogens with one attached hydrogen (secondary N) is 2. The summed E-state index contributed by atoms with van der Waals surface area (Å²) in [7, 11) is 4.07. The van der Waals surface area contributed by atoms with Gasteiger partial charge >= 0.3 is 0 Å². The Morgan fingerprint density at radius 2 is 1.67 bits per heavy atom. The molecule has 0 radical (unpaired) electrons. The monoisotopic (exact) mass is 347 g/mol. The van der Waals surface area contributed by atoms with Gasteiger partial charge in [0.2, 0.25) is 0 Å². The molecule has 0 bridgehead atoms. The molecule has 0 unspecified atom stereocenters. The van der Waals surface area contributed by atoms with Crippen molar-refractivity contribution >= 4 is 28.9 Å². The van der Waals surface area contributed by atoms with Gasteiger partial charge in [0.1, 0.15) is 5.75 Å². The highest BCUT2D eigenvalue weighted by atomic mass is 35.5. The Morgan fingerprint density at radius 1 is 1.04 bits per heavy atom. The number of halogens is 1. The number of amides is 1. The lowest BCUT2D eigenvalue weighted by Crippen LogP contribution is -2.21. The first kappa shape index (κ1) is 18.1. The number of hydrogen-bond donors (Lipinski definition) is 2. The number of benzene rings is 2. The molecule has 0 spiro atoms. The highest BCUT2D eigenvalue weighted by molar-refractivity contribution is 6.30.